The molecule has 1 amide bonds. The van der Waals surface area contributed by atoms with Gasteiger partial charge in [0.05, 0.1) is 12.1 Å². The van der Waals surface area contributed by atoms with Gasteiger partial charge in [0.25, 0.3) is 0 Å². The topological polar surface area (TPSA) is 50.4 Å². The Balaban J connectivity index is 3.46. The minimum Gasteiger partial charge on any atom is -0.377 e. The lowest BCUT2D eigenvalue weighted by Gasteiger charge is -2.22. The lowest BCUT2D eigenvalue weighted by atomic mass is 10.1. The minimum absolute atomic E-state index is 0.0513. The molecule has 0 saturated carbocycles. The average Bonchev–Trinajstić information content (AvgIpc) is 2.18. The summed E-state index contributed by atoms with van der Waals surface area (Å²) in [5, 5.41) is 5.91. The lowest BCUT2D eigenvalue weighted by molar-refractivity contribution is -0.120. The minimum atomic E-state index is -0.219. The first-order chi connectivity index (χ1) is 7.02. The average molecular weight is 216 g/mol. The summed E-state index contributed by atoms with van der Waals surface area (Å²) in [7, 11) is 1.67. The molecular formula is C11H24N2O2. The molecule has 0 aliphatic rings. The molecular weight excluding hydrogens is 192 g/mol. The summed E-state index contributed by atoms with van der Waals surface area (Å²) in [5.74, 6) is 0.0513. The lowest BCUT2D eigenvalue weighted by Crippen LogP contribution is -2.42. The molecule has 0 bridgehead atoms. The molecule has 2 N–H and O–H groups in total. The van der Waals surface area contributed by atoms with Gasteiger partial charge in [-0.15, -0.1) is 0 Å². The predicted octanol–water partition coefficient (Wildman–Crippen LogP) is 0.917. The van der Waals surface area contributed by atoms with Crippen molar-refractivity contribution in [1.29, 1.82) is 0 Å². The van der Waals surface area contributed by atoms with Gasteiger partial charge in [-0.1, -0.05) is 13.3 Å². The maximum Gasteiger partial charge on any atom is 0.233 e. The summed E-state index contributed by atoms with van der Waals surface area (Å²) in [6.45, 7) is 7.86. The number of hydrogen-bond acceptors (Lipinski definition) is 3. The van der Waals surface area contributed by atoms with Gasteiger partial charge in [0, 0.05) is 20.2 Å². The molecule has 0 aliphatic carbocycles. The Bertz CT molecular complexity index is 181. The molecule has 0 fully saturated rings. The highest BCUT2D eigenvalue weighted by Gasteiger charge is 2.15. The van der Waals surface area contributed by atoms with Crippen LogP contribution in [0.4, 0.5) is 0 Å². The van der Waals surface area contributed by atoms with Gasteiger partial charge in [-0.05, 0) is 20.3 Å². The van der Waals surface area contributed by atoms with Gasteiger partial charge in [-0.25, -0.2) is 0 Å². The number of carbonyl (C=O) groups is 1. The van der Waals surface area contributed by atoms with Crippen molar-refractivity contribution in [2.45, 2.75) is 39.2 Å². The molecule has 4 nitrogen and oxygen atoms in total. The monoisotopic (exact) mass is 216 g/mol. The van der Waals surface area contributed by atoms with Crippen LogP contribution in [0.3, 0.4) is 0 Å². The van der Waals surface area contributed by atoms with Crippen LogP contribution < -0.4 is 10.6 Å². The van der Waals surface area contributed by atoms with E-state index in [0.717, 1.165) is 19.4 Å². The molecule has 0 rings (SSSR count). The Labute approximate surface area is 92.8 Å². The molecule has 15 heavy (non-hydrogen) atoms. The quantitative estimate of drug-likeness (QED) is 0.593. The van der Waals surface area contributed by atoms with E-state index in [1.54, 1.807) is 7.11 Å². The maximum absolute atomic E-state index is 11.3. The highest BCUT2D eigenvalue weighted by Crippen LogP contribution is 2.03. The predicted molar refractivity (Wildman–Crippen MR) is 61.9 cm³/mol. The van der Waals surface area contributed by atoms with Crippen LogP contribution in [0.5, 0.6) is 0 Å². The fraction of sp³-hybridized carbons (Fsp3) is 0.909. The molecule has 0 aromatic heterocycles. The molecule has 0 spiro atoms. The third-order valence-corrected chi connectivity index (χ3v) is 2.24. The highest BCUT2D eigenvalue weighted by molar-refractivity contribution is 5.77. The first-order valence-corrected chi connectivity index (χ1v) is 5.54. The molecule has 0 saturated heterocycles. The largest absolute Gasteiger partial charge is 0.377 e. The van der Waals surface area contributed by atoms with Crippen molar-refractivity contribution in [3.63, 3.8) is 0 Å². The molecule has 0 aromatic carbocycles. The highest BCUT2D eigenvalue weighted by atomic mass is 16.5. The standard InChI is InChI=1S/C11H24N2O2/c1-5-6-7-13-10(14)8-12-9-11(2,3)15-4/h12H,5-9H2,1-4H3,(H,13,14). The van der Waals surface area contributed by atoms with Gasteiger partial charge >= 0.3 is 0 Å². The van der Waals surface area contributed by atoms with Crippen LogP contribution in [0, 0.1) is 0 Å². The van der Waals surface area contributed by atoms with Gasteiger partial charge in [-0.3, -0.25) is 4.79 Å². The molecule has 4 heteroatoms. The van der Waals surface area contributed by atoms with E-state index >= 15 is 0 Å². The normalized spacial score (nSPS) is 11.5. The zero-order valence-electron chi connectivity index (χ0n) is 10.4. The number of nitrogens with one attached hydrogen (secondary N) is 2. The number of amides is 1. The van der Waals surface area contributed by atoms with E-state index in [1.165, 1.54) is 0 Å². The van der Waals surface area contributed by atoms with Crippen LogP contribution in [0.2, 0.25) is 0 Å². The number of methoxy groups -OCH3 is 1. The van der Waals surface area contributed by atoms with Crippen LogP contribution in [0.1, 0.15) is 33.6 Å². The van der Waals surface area contributed by atoms with Crippen molar-refractivity contribution in [3.05, 3.63) is 0 Å². The van der Waals surface area contributed by atoms with E-state index in [2.05, 4.69) is 17.6 Å². The summed E-state index contributed by atoms with van der Waals surface area (Å²) < 4.78 is 5.22. The van der Waals surface area contributed by atoms with Gasteiger partial charge in [0.2, 0.25) is 5.91 Å². The second-order valence-electron chi connectivity index (χ2n) is 4.27. The molecule has 0 aliphatic heterocycles. The number of ether oxygens (including phenoxy) is 1. The van der Waals surface area contributed by atoms with Crippen LogP contribution in [-0.2, 0) is 9.53 Å². The summed E-state index contributed by atoms with van der Waals surface area (Å²) >= 11 is 0. The van der Waals surface area contributed by atoms with Crippen LogP contribution in [-0.4, -0.2) is 38.3 Å². The van der Waals surface area contributed by atoms with Crippen molar-refractivity contribution >= 4 is 5.91 Å². The molecule has 0 unspecified atom stereocenters. The van der Waals surface area contributed by atoms with E-state index in [4.69, 9.17) is 4.74 Å². The van der Waals surface area contributed by atoms with Gasteiger partial charge < -0.3 is 15.4 Å². The molecule has 0 aromatic rings. The Morgan fingerprint density at radius 3 is 2.60 bits per heavy atom. The zero-order valence-corrected chi connectivity index (χ0v) is 10.4. The first kappa shape index (κ1) is 14.4. The van der Waals surface area contributed by atoms with Crippen molar-refractivity contribution in [3.8, 4) is 0 Å². The number of unbranched alkanes of at least 4 members (excludes halogenated alkanes) is 1. The molecule has 0 radical (unpaired) electrons. The second kappa shape index (κ2) is 7.65. The summed E-state index contributed by atoms with van der Waals surface area (Å²) in [4.78, 5) is 11.3. The zero-order chi connectivity index (χ0) is 11.7. The number of hydrogen-bond donors (Lipinski definition) is 2. The van der Waals surface area contributed by atoms with E-state index in [-0.39, 0.29) is 11.5 Å². The Kier molecular flexibility index (Phi) is 7.34. The summed E-state index contributed by atoms with van der Waals surface area (Å²) in [6.07, 6.45) is 2.14. The molecule has 90 valence electrons. The van der Waals surface area contributed by atoms with E-state index in [9.17, 15) is 4.79 Å². The van der Waals surface area contributed by atoms with Crippen molar-refractivity contribution in [1.82, 2.24) is 10.6 Å². The van der Waals surface area contributed by atoms with E-state index in [1.807, 2.05) is 13.8 Å². The smallest absolute Gasteiger partial charge is 0.233 e. The summed E-state index contributed by atoms with van der Waals surface area (Å²) in [6, 6.07) is 0. The van der Waals surface area contributed by atoms with Crippen molar-refractivity contribution in [2.24, 2.45) is 0 Å². The fourth-order valence-electron chi connectivity index (χ4n) is 1.02. The molecule has 0 heterocycles. The Hall–Kier alpha value is -0.610. The van der Waals surface area contributed by atoms with Gasteiger partial charge in [-0.2, -0.15) is 0 Å². The fourth-order valence-corrected chi connectivity index (χ4v) is 1.02. The first-order valence-electron chi connectivity index (χ1n) is 5.54. The third-order valence-electron chi connectivity index (χ3n) is 2.24. The maximum atomic E-state index is 11.3. The second-order valence-corrected chi connectivity index (χ2v) is 4.27. The Morgan fingerprint density at radius 2 is 2.07 bits per heavy atom. The number of carbonyl (C=O) groups excluding carboxylic acids is 1. The van der Waals surface area contributed by atoms with Crippen LogP contribution in [0.15, 0.2) is 0 Å². The van der Waals surface area contributed by atoms with Crippen molar-refractivity contribution < 1.29 is 9.53 Å². The van der Waals surface area contributed by atoms with Gasteiger partial charge in [0.1, 0.15) is 0 Å². The SMILES string of the molecule is CCCCNC(=O)CNCC(C)(C)OC. The van der Waals surface area contributed by atoms with Gasteiger partial charge in [0.15, 0.2) is 0 Å². The van der Waals surface area contributed by atoms with Crippen LogP contribution in [0.25, 0.3) is 0 Å². The molecule has 0 atom stereocenters. The Morgan fingerprint density at radius 1 is 1.40 bits per heavy atom. The summed E-state index contributed by atoms with van der Waals surface area (Å²) in [5.41, 5.74) is -0.219. The number of rotatable bonds is 8. The van der Waals surface area contributed by atoms with E-state index in [0.29, 0.717) is 13.1 Å². The van der Waals surface area contributed by atoms with Crippen molar-refractivity contribution in [2.75, 3.05) is 26.7 Å². The third kappa shape index (κ3) is 8.39. The van der Waals surface area contributed by atoms with E-state index < -0.39 is 0 Å². The van der Waals surface area contributed by atoms with Crippen LogP contribution >= 0.6 is 0 Å².